The maximum absolute atomic E-state index is 13.1. The maximum atomic E-state index is 13.1. The van der Waals surface area contributed by atoms with E-state index in [1.807, 2.05) is 73.6 Å². The molecule has 0 unspecified atom stereocenters. The van der Waals surface area contributed by atoms with Crippen LogP contribution in [-0.2, 0) is 14.3 Å². The fraction of sp³-hybridized carbons (Fsp3) is 0.179. The maximum Gasteiger partial charge on any atom is 0.337 e. The minimum atomic E-state index is -0.478. The van der Waals surface area contributed by atoms with Crippen molar-refractivity contribution in [1.29, 1.82) is 0 Å². The number of ether oxygens (including phenoxy) is 1. The van der Waals surface area contributed by atoms with Crippen LogP contribution in [0.25, 0.3) is 11.3 Å². The first kappa shape index (κ1) is 24.7. The molecule has 0 fully saturated rings. The minimum absolute atomic E-state index is 0.0200. The molecule has 2 N–H and O–H groups in total. The second kappa shape index (κ2) is 10.5. The van der Waals surface area contributed by atoms with Crippen molar-refractivity contribution in [2.24, 2.45) is 0 Å². The van der Waals surface area contributed by atoms with E-state index in [9.17, 15) is 14.4 Å². The predicted octanol–water partition coefficient (Wildman–Crippen LogP) is 3.93. The summed E-state index contributed by atoms with van der Waals surface area (Å²) in [6, 6.07) is 21.9. The number of anilines is 3. The van der Waals surface area contributed by atoms with Crippen LogP contribution in [0.15, 0.2) is 72.8 Å². The Labute approximate surface area is 210 Å². The van der Waals surface area contributed by atoms with Gasteiger partial charge < -0.3 is 25.2 Å². The van der Waals surface area contributed by atoms with E-state index in [-0.39, 0.29) is 11.8 Å². The molecule has 3 aromatic carbocycles. The highest BCUT2D eigenvalue weighted by Gasteiger charge is 2.29. The van der Waals surface area contributed by atoms with E-state index < -0.39 is 5.97 Å². The molecule has 8 heteroatoms. The van der Waals surface area contributed by atoms with Gasteiger partial charge in [0, 0.05) is 29.7 Å². The number of methoxy groups -OCH3 is 1. The van der Waals surface area contributed by atoms with Gasteiger partial charge in [0.1, 0.15) is 0 Å². The molecule has 8 nitrogen and oxygen atoms in total. The van der Waals surface area contributed by atoms with Gasteiger partial charge in [-0.25, -0.2) is 4.79 Å². The number of hydrogen-bond acceptors (Lipinski definition) is 6. The Morgan fingerprint density at radius 1 is 0.917 bits per heavy atom. The number of esters is 1. The molecule has 0 aromatic heterocycles. The van der Waals surface area contributed by atoms with Gasteiger partial charge >= 0.3 is 5.97 Å². The third kappa shape index (κ3) is 5.13. The van der Waals surface area contributed by atoms with E-state index in [0.717, 1.165) is 16.9 Å². The van der Waals surface area contributed by atoms with Crippen LogP contribution in [0, 0.1) is 0 Å². The lowest BCUT2D eigenvalue weighted by Crippen LogP contribution is -2.34. The number of carbonyl (C=O) groups is 3. The van der Waals surface area contributed by atoms with E-state index in [0.29, 0.717) is 34.6 Å². The Kier molecular flexibility index (Phi) is 7.17. The summed E-state index contributed by atoms with van der Waals surface area (Å²) in [6.07, 6.45) is 0. The lowest BCUT2D eigenvalue weighted by Gasteiger charge is -2.20. The zero-order chi connectivity index (χ0) is 25.8. The largest absolute Gasteiger partial charge is 0.465 e. The summed E-state index contributed by atoms with van der Waals surface area (Å²) in [5.41, 5.74) is 4.91. The number of hydrogen-bond donors (Lipinski definition) is 2. The highest BCUT2D eigenvalue weighted by molar-refractivity contribution is 6.37. The summed E-state index contributed by atoms with van der Waals surface area (Å²) in [5.74, 6) is -0.772. The summed E-state index contributed by atoms with van der Waals surface area (Å²) >= 11 is 0. The summed E-state index contributed by atoms with van der Waals surface area (Å²) in [4.78, 5) is 41.1. The molecule has 1 aliphatic heterocycles. The second-order valence-electron chi connectivity index (χ2n) is 8.68. The number of likely N-dealkylation sites (N-methyl/N-ethyl adjacent to an activating group) is 2. The monoisotopic (exact) mass is 484 g/mol. The number of fused-ring (bicyclic) bond motifs is 1. The topological polar surface area (TPSA) is 91.0 Å². The quantitative estimate of drug-likeness (QED) is 0.390. The zero-order valence-electron chi connectivity index (χ0n) is 20.7. The first-order chi connectivity index (χ1) is 17.3. The molecule has 3 aromatic rings. The fourth-order valence-electron chi connectivity index (χ4n) is 3.98. The summed E-state index contributed by atoms with van der Waals surface area (Å²) in [6.45, 7) is 0.308. The second-order valence-corrected chi connectivity index (χ2v) is 8.68. The van der Waals surface area contributed by atoms with Gasteiger partial charge in [-0.3, -0.25) is 9.59 Å². The highest BCUT2D eigenvalue weighted by Crippen LogP contribution is 2.38. The molecule has 0 atom stereocenters. The van der Waals surface area contributed by atoms with Crippen LogP contribution in [0.4, 0.5) is 17.1 Å². The molecule has 1 aliphatic rings. The number of amides is 2. The van der Waals surface area contributed by atoms with Crippen molar-refractivity contribution >= 4 is 46.1 Å². The van der Waals surface area contributed by atoms with Crippen molar-refractivity contribution in [2.45, 2.75) is 0 Å². The smallest absolute Gasteiger partial charge is 0.337 e. The van der Waals surface area contributed by atoms with Gasteiger partial charge in [0.25, 0.3) is 5.91 Å². The predicted molar refractivity (Wildman–Crippen MR) is 142 cm³/mol. The van der Waals surface area contributed by atoms with E-state index in [2.05, 4.69) is 10.6 Å². The van der Waals surface area contributed by atoms with Crippen molar-refractivity contribution in [3.8, 4) is 0 Å². The fourth-order valence-corrected chi connectivity index (χ4v) is 3.98. The van der Waals surface area contributed by atoms with Gasteiger partial charge in [0.2, 0.25) is 5.91 Å². The van der Waals surface area contributed by atoms with E-state index in [4.69, 9.17) is 4.74 Å². The lowest BCUT2D eigenvalue weighted by molar-refractivity contribution is -0.119. The van der Waals surface area contributed by atoms with Crippen LogP contribution in [0.5, 0.6) is 0 Å². The molecule has 2 amide bonds. The Morgan fingerprint density at radius 2 is 1.61 bits per heavy atom. The number of nitrogens with one attached hydrogen (secondary N) is 2. The van der Waals surface area contributed by atoms with E-state index in [1.165, 1.54) is 7.11 Å². The molecule has 0 spiro atoms. The zero-order valence-corrected chi connectivity index (χ0v) is 20.7. The number of rotatable bonds is 7. The van der Waals surface area contributed by atoms with Gasteiger partial charge in [-0.05, 0) is 62.1 Å². The van der Waals surface area contributed by atoms with Gasteiger partial charge in [-0.1, -0.05) is 30.3 Å². The van der Waals surface area contributed by atoms with Gasteiger partial charge in [-0.2, -0.15) is 0 Å². The molecule has 0 aliphatic carbocycles. The first-order valence-corrected chi connectivity index (χ1v) is 11.4. The molecule has 4 rings (SSSR count). The third-order valence-corrected chi connectivity index (χ3v) is 5.85. The normalized spacial score (nSPS) is 13.6. The van der Waals surface area contributed by atoms with Crippen molar-refractivity contribution in [1.82, 2.24) is 4.90 Å². The average Bonchev–Trinajstić information content (AvgIpc) is 3.21. The number of benzene rings is 3. The van der Waals surface area contributed by atoms with Crippen LogP contribution >= 0.6 is 0 Å². The molecular weight excluding hydrogens is 456 g/mol. The highest BCUT2D eigenvalue weighted by atomic mass is 16.5. The Balaban J connectivity index is 1.74. The molecule has 36 heavy (non-hydrogen) atoms. The SMILES string of the molecule is COC(=O)c1ccc2c(c1)/C(=C(/Nc1ccc(N(C)C(=O)CN(C)C)cc1)c1ccccc1)C(=O)N2. The standard InChI is InChI=1S/C28H28N4O4/c1-31(2)17-24(33)32(3)21-13-11-20(12-14-21)29-26(18-8-6-5-7-9-18)25-22-16-19(28(35)36-4)10-15-23(22)30-27(25)34/h5-16,29H,17H2,1-4H3,(H,30,34)/b26-25-. The van der Waals surface area contributed by atoms with Gasteiger partial charge in [0.05, 0.1) is 30.5 Å². The van der Waals surface area contributed by atoms with Crippen LogP contribution < -0.4 is 15.5 Å². The van der Waals surface area contributed by atoms with E-state index in [1.54, 1.807) is 30.1 Å². The summed E-state index contributed by atoms with van der Waals surface area (Å²) < 4.78 is 4.86. The van der Waals surface area contributed by atoms with Gasteiger partial charge in [0.15, 0.2) is 0 Å². The Morgan fingerprint density at radius 3 is 2.25 bits per heavy atom. The van der Waals surface area contributed by atoms with Crippen LogP contribution in [-0.4, -0.2) is 57.5 Å². The molecular formula is C28H28N4O4. The van der Waals surface area contributed by atoms with Gasteiger partial charge in [-0.15, -0.1) is 0 Å². The van der Waals surface area contributed by atoms with Crippen molar-refractivity contribution < 1.29 is 19.1 Å². The lowest BCUT2D eigenvalue weighted by atomic mass is 9.98. The van der Waals surface area contributed by atoms with Crippen molar-refractivity contribution in [3.05, 3.63) is 89.5 Å². The Hall–Kier alpha value is -4.43. The summed E-state index contributed by atoms with van der Waals surface area (Å²) in [5, 5.41) is 6.27. The van der Waals surface area contributed by atoms with Crippen molar-refractivity contribution in [3.63, 3.8) is 0 Å². The van der Waals surface area contributed by atoms with Crippen LogP contribution in [0.1, 0.15) is 21.5 Å². The molecule has 184 valence electrons. The Bertz CT molecular complexity index is 1330. The summed E-state index contributed by atoms with van der Waals surface area (Å²) in [7, 11) is 6.76. The van der Waals surface area contributed by atoms with Crippen LogP contribution in [0.3, 0.4) is 0 Å². The first-order valence-electron chi connectivity index (χ1n) is 11.4. The molecule has 0 radical (unpaired) electrons. The van der Waals surface area contributed by atoms with Crippen molar-refractivity contribution in [2.75, 3.05) is 50.3 Å². The minimum Gasteiger partial charge on any atom is -0.465 e. The van der Waals surface area contributed by atoms with Crippen LogP contribution in [0.2, 0.25) is 0 Å². The molecule has 0 saturated heterocycles. The average molecular weight is 485 g/mol. The number of carbonyl (C=O) groups excluding carboxylic acids is 3. The van der Waals surface area contributed by atoms with E-state index >= 15 is 0 Å². The third-order valence-electron chi connectivity index (χ3n) is 5.85. The molecule has 0 bridgehead atoms. The molecule has 0 saturated carbocycles. The number of nitrogens with zero attached hydrogens (tertiary/aromatic N) is 2. The molecule has 1 heterocycles.